The van der Waals surface area contributed by atoms with Gasteiger partial charge in [0.15, 0.2) is 0 Å². The van der Waals surface area contributed by atoms with E-state index in [1.54, 1.807) is 0 Å². The van der Waals surface area contributed by atoms with E-state index >= 15 is 0 Å². The highest BCUT2D eigenvalue weighted by Gasteiger charge is 2.08. The van der Waals surface area contributed by atoms with Crippen LogP contribution in [0.2, 0.25) is 0 Å². The molecule has 0 unspecified atom stereocenters. The normalized spacial score (nSPS) is 16.2. The van der Waals surface area contributed by atoms with Crippen LogP contribution in [0, 0.1) is 0 Å². The summed E-state index contributed by atoms with van der Waals surface area (Å²) in [5, 5.41) is 7.82. The summed E-state index contributed by atoms with van der Waals surface area (Å²) in [5.41, 5.74) is 2.43. The molecule has 112 valence electrons. The first kappa shape index (κ1) is 14.3. The summed E-state index contributed by atoms with van der Waals surface area (Å²) in [6.45, 7) is 5.70. The summed E-state index contributed by atoms with van der Waals surface area (Å²) in [7, 11) is 0. The van der Waals surface area contributed by atoms with Gasteiger partial charge in [-0.05, 0) is 49.7 Å². The van der Waals surface area contributed by atoms with E-state index in [1.807, 2.05) is 23.1 Å². The van der Waals surface area contributed by atoms with E-state index < -0.39 is 0 Å². The summed E-state index contributed by atoms with van der Waals surface area (Å²) >= 11 is 0. The number of aromatic nitrogens is 2. The molecule has 0 aliphatic carbocycles. The predicted molar refractivity (Wildman–Crippen MR) is 85.6 cm³/mol. The minimum Gasteiger partial charge on any atom is -0.311 e. The Morgan fingerprint density at radius 1 is 1.10 bits per heavy atom. The van der Waals surface area contributed by atoms with Crippen molar-refractivity contribution < 1.29 is 0 Å². The highest BCUT2D eigenvalue weighted by Crippen LogP contribution is 2.10. The molecule has 1 aromatic heterocycles. The Morgan fingerprint density at radius 3 is 2.81 bits per heavy atom. The van der Waals surface area contributed by atoms with Crippen LogP contribution in [0.25, 0.3) is 5.69 Å². The Labute approximate surface area is 126 Å². The topological polar surface area (TPSA) is 33.1 Å². The second kappa shape index (κ2) is 7.38. The zero-order chi connectivity index (χ0) is 14.3. The zero-order valence-corrected chi connectivity index (χ0v) is 12.5. The highest BCUT2D eigenvalue weighted by molar-refractivity contribution is 5.34. The summed E-state index contributed by atoms with van der Waals surface area (Å²) < 4.78 is 1.90. The van der Waals surface area contributed by atoms with Gasteiger partial charge in [0.2, 0.25) is 0 Å². The summed E-state index contributed by atoms with van der Waals surface area (Å²) in [5.74, 6) is 0. The molecule has 2 heterocycles. The number of benzene rings is 1. The average molecular weight is 284 g/mol. The van der Waals surface area contributed by atoms with Crippen LogP contribution in [-0.4, -0.2) is 40.9 Å². The molecule has 21 heavy (non-hydrogen) atoms. The number of nitrogens with one attached hydrogen (secondary N) is 1. The maximum atomic E-state index is 4.27. The van der Waals surface area contributed by atoms with Crippen LogP contribution in [0.15, 0.2) is 42.7 Å². The van der Waals surface area contributed by atoms with Crippen molar-refractivity contribution in [2.75, 3.05) is 26.2 Å². The monoisotopic (exact) mass is 284 g/mol. The molecule has 0 atom stereocenters. The number of likely N-dealkylation sites (tertiary alicyclic amines) is 1. The Kier molecular flexibility index (Phi) is 5.03. The van der Waals surface area contributed by atoms with E-state index in [1.165, 1.54) is 44.5 Å². The summed E-state index contributed by atoms with van der Waals surface area (Å²) in [6, 6.07) is 10.5. The molecule has 1 aliphatic heterocycles. The van der Waals surface area contributed by atoms with Crippen molar-refractivity contribution in [3.8, 4) is 5.69 Å². The molecular weight excluding hydrogens is 260 g/mol. The van der Waals surface area contributed by atoms with Gasteiger partial charge in [-0.1, -0.05) is 18.6 Å². The van der Waals surface area contributed by atoms with Crippen LogP contribution in [0.4, 0.5) is 0 Å². The highest BCUT2D eigenvalue weighted by atomic mass is 15.3. The smallest absolute Gasteiger partial charge is 0.0648 e. The molecule has 1 N–H and O–H groups in total. The van der Waals surface area contributed by atoms with Gasteiger partial charge >= 0.3 is 0 Å². The minimum absolute atomic E-state index is 0.920. The molecule has 0 spiro atoms. The van der Waals surface area contributed by atoms with Gasteiger partial charge in [-0.2, -0.15) is 5.10 Å². The van der Waals surface area contributed by atoms with E-state index in [2.05, 4.69) is 39.6 Å². The molecule has 3 rings (SSSR count). The lowest BCUT2D eigenvalue weighted by molar-refractivity contribution is 0.229. The predicted octanol–water partition coefficient (Wildman–Crippen LogP) is 2.45. The molecule has 1 saturated heterocycles. The van der Waals surface area contributed by atoms with Crippen molar-refractivity contribution in [1.29, 1.82) is 0 Å². The van der Waals surface area contributed by atoms with Gasteiger partial charge < -0.3 is 10.2 Å². The van der Waals surface area contributed by atoms with Gasteiger partial charge in [-0.15, -0.1) is 0 Å². The maximum Gasteiger partial charge on any atom is 0.0648 e. The quantitative estimate of drug-likeness (QED) is 0.827. The lowest BCUT2D eigenvalue weighted by Gasteiger charge is -2.26. The third-order valence-corrected chi connectivity index (χ3v) is 4.06. The molecule has 0 amide bonds. The van der Waals surface area contributed by atoms with Crippen molar-refractivity contribution in [3.63, 3.8) is 0 Å². The largest absolute Gasteiger partial charge is 0.311 e. The first-order chi connectivity index (χ1) is 10.4. The molecule has 1 aromatic carbocycles. The maximum absolute atomic E-state index is 4.27. The second-order valence-electron chi connectivity index (χ2n) is 5.70. The molecule has 0 saturated carbocycles. The zero-order valence-electron chi connectivity index (χ0n) is 12.5. The van der Waals surface area contributed by atoms with Crippen molar-refractivity contribution in [3.05, 3.63) is 48.3 Å². The van der Waals surface area contributed by atoms with Crippen molar-refractivity contribution >= 4 is 0 Å². The van der Waals surface area contributed by atoms with Crippen LogP contribution in [-0.2, 0) is 6.54 Å². The first-order valence-corrected chi connectivity index (χ1v) is 7.94. The molecule has 0 bridgehead atoms. The molecule has 2 aromatic rings. The third-order valence-electron chi connectivity index (χ3n) is 4.06. The van der Waals surface area contributed by atoms with E-state index in [9.17, 15) is 0 Å². The lowest BCUT2D eigenvalue weighted by Crippen LogP contribution is -2.35. The van der Waals surface area contributed by atoms with E-state index in [-0.39, 0.29) is 0 Å². The SMILES string of the molecule is c1cc(CNCCN2CCCCC2)cc(-n2cccn2)c1. The fraction of sp³-hybridized carbons (Fsp3) is 0.471. The molecule has 4 nitrogen and oxygen atoms in total. The van der Waals surface area contributed by atoms with Crippen LogP contribution >= 0.6 is 0 Å². The van der Waals surface area contributed by atoms with Crippen LogP contribution in [0.3, 0.4) is 0 Å². The number of nitrogens with zero attached hydrogens (tertiary/aromatic N) is 3. The van der Waals surface area contributed by atoms with Crippen LogP contribution in [0.5, 0.6) is 0 Å². The second-order valence-corrected chi connectivity index (χ2v) is 5.70. The molecule has 0 radical (unpaired) electrons. The fourth-order valence-corrected chi connectivity index (χ4v) is 2.88. The number of hydrogen-bond donors (Lipinski definition) is 1. The Balaban J connectivity index is 1.46. The van der Waals surface area contributed by atoms with Gasteiger partial charge in [0.05, 0.1) is 5.69 Å². The molecular formula is C17H24N4. The van der Waals surface area contributed by atoms with Crippen LogP contribution in [0.1, 0.15) is 24.8 Å². The van der Waals surface area contributed by atoms with Crippen molar-refractivity contribution in [1.82, 2.24) is 20.0 Å². The summed E-state index contributed by atoms with van der Waals surface area (Å²) in [4.78, 5) is 2.57. The molecule has 4 heteroatoms. The fourth-order valence-electron chi connectivity index (χ4n) is 2.88. The number of piperidine rings is 1. The molecule has 1 fully saturated rings. The van der Waals surface area contributed by atoms with Crippen molar-refractivity contribution in [2.24, 2.45) is 0 Å². The van der Waals surface area contributed by atoms with E-state index in [0.717, 1.165) is 18.8 Å². The Hall–Kier alpha value is -1.65. The molecule has 1 aliphatic rings. The van der Waals surface area contributed by atoms with Crippen molar-refractivity contribution in [2.45, 2.75) is 25.8 Å². The van der Waals surface area contributed by atoms with Gasteiger partial charge in [0, 0.05) is 32.0 Å². The lowest BCUT2D eigenvalue weighted by atomic mass is 10.1. The van der Waals surface area contributed by atoms with Crippen LogP contribution < -0.4 is 5.32 Å². The Morgan fingerprint density at radius 2 is 2.00 bits per heavy atom. The van der Waals surface area contributed by atoms with Gasteiger partial charge in [-0.25, -0.2) is 4.68 Å². The van der Waals surface area contributed by atoms with Gasteiger partial charge in [0.1, 0.15) is 0 Å². The van der Waals surface area contributed by atoms with Gasteiger partial charge in [-0.3, -0.25) is 0 Å². The standard InChI is InChI=1S/C17H24N4/c1-2-10-20(11-3-1)13-9-18-15-16-6-4-7-17(14-16)21-12-5-8-19-21/h4-8,12,14,18H,1-3,9-11,13,15H2. The van der Waals surface area contributed by atoms with E-state index in [0.29, 0.717) is 0 Å². The third kappa shape index (κ3) is 4.16. The number of hydrogen-bond acceptors (Lipinski definition) is 3. The number of rotatable bonds is 6. The van der Waals surface area contributed by atoms with Gasteiger partial charge in [0.25, 0.3) is 0 Å². The first-order valence-electron chi connectivity index (χ1n) is 7.94. The Bertz CT molecular complexity index is 529. The minimum atomic E-state index is 0.920. The van der Waals surface area contributed by atoms with E-state index in [4.69, 9.17) is 0 Å². The average Bonchev–Trinajstić information content (AvgIpc) is 3.07. The summed E-state index contributed by atoms with van der Waals surface area (Å²) in [6.07, 6.45) is 7.93.